The minimum absolute atomic E-state index is 0.0320. The summed E-state index contributed by atoms with van der Waals surface area (Å²) in [5.74, 6) is 0. The predicted molar refractivity (Wildman–Crippen MR) is 82.6 cm³/mol. The number of aryl methyl sites for hydroxylation is 1. The number of fused-ring (bicyclic) bond motifs is 1. The minimum atomic E-state index is -0.0320. The molecule has 0 amide bonds. The number of nitrogens with zero attached hydrogens (tertiary/aromatic N) is 3. The highest BCUT2D eigenvalue weighted by atomic mass is 32.1. The molecule has 2 aromatic heterocycles. The molecule has 1 unspecified atom stereocenters. The maximum atomic E-state index is 6.02. The van der Waals surface area contributed by atoms with Gasteiger partial charge in [0, 0.05) is 16.6 Å². The van der Waals surface area contributed by atoms with E-state index in [4.69, 9.17) is 5.73 Å². The molecule has 0 aliphatic heterocycles. The lowest BCUT2D eigenvalue weighted by molar-refractivity contribution is 0.683. The molecule has 20 heavy (non-hydrogen) atoms. The van der Waals surface area contributed by atoms with Crippen LogP contribution >= 0.6 is 11.3 Å². The maximum Gasteiger partial charge on any atom is 0.148 e. The van der Waals surface area contributed by atoms with E-state index in [0.29, 0.717) is 0 Å². The van der Waals surface area contributed by atoms with Gasteiger partial charge >= 0.3 is 0 Å². The zero-order valence-electron chi connectivity index (χ0n) is 11.5. The SMILES string of the molecule is CCC(N)c1nnc(-c2cc(C)nc3ccccc23)s1. The van der Waals surface area contributed by atoms with Gasteiger partial charge in [0.1, 0.15) is 10.0 Å². The molecule has 0 radical (unpaired) electrons. The van der Waals surface area contributed by atoms with Crippen molar-refractivity contribution in [3.8, 4) is 10.6 Å². The summed E-state index contributed by atoms with van der Waals surface area (Å²) in [5, 5.41) is 11.4. The number of aromatic nitrogens is 3. The second-order valence-electron chi connectivity index (χ2n) is 4.79. The van der Waals surface area contributed by atoms with Crippen molar-refractivity contribution in [2.45, 2.75) is 26.3 Å². The third-order valence-electron chi connectivity index (χ3n) is 3.27. The van der Waals surface area contributed by atoms with Crippen LogP contribution in [-0.2, 0) is 0 Å². The zero-order valence-corrected chi connectivity index (χ0v) is 12.3. The second-order valence-corrected chi connectivity index (χ2v) is 5.80. The van der Waals surface area contributed by atoms with Gasteiger partial charge in [-0.2, -0.15) is 0 Å². The Morgan fingerprint density at radius 3 is 2.85 bits per heavy atom. The third-order valence-corrected chi connectivity index (χ3v) is 4.36. The molecule has 5 heteroatoms. The van der Waals surface area contributed by atoms with Gasteiger partial charge in [0.2, 0.25) is 0 Å². The van der Waals surface area contributed by atoms with Crippen molar-refractivity contribution < 1.29 is 0 Å². The fourth-order valence-corrected chi connectivity index (χ4v) is 3.11. The van der Waals surface area contributed by atoms with Gasteiger partial charge in [-0.15, -0.1) is 10.2 Å². The van der Waals surface area contributed by atoms with Gasteiger partial charge in [0.15, 0.2) is 0 Å². The number of para-hydroxylation sites is 1. The molecule has 3 aromatic rings. The number of hydrogen-bond acceptors (Lipinski definition) is 5. The van der Waals surface area contributed by atoms with Crippen LogP contribution in [0.25, 0.3) is 21.5 Å². The summed E-state index contributed by atoms with van der Waals surface area (Å²) in [6, 6.07) is 10.1. The zero-order chi connectivity index (χ0) is 14.1. The smallest absolute Gasteiger partial charge is 0.148 e. The van der Waals surface area contributed by atoms with Crippen LogP contribution in [0.1, 0.15) is 30.1 Å². The first-order valence-corrected chi connectivity index (χ1v) is 7.46. The summed E-state index contributed by atoms with van der Waals surface area (Å²) in [6.07, 6.45) is 0.866. The monoisotopic (exact) mass is 284 g/mol. The van der Waals surface area contributed by atoms with E-state index in [1.54, 1.807) is 11.3 Å². The van der Waals surface area contributed by atoms with E-state index >= 15 is 0 Å². The summed E-state index contributed by atoms with van der Waals surface area (Å²) in [7, 11) is 0. The van der Waals surface area contributed by atoms with Crippen molar-refractivity contribution in [3.05, 3.63) is 41.0 Å². The van der Waals surface area contributed by atoms with Crippen LogP contribution in [0.15, 0.2) is 30.3 Å². The predicted octanol–water partition coefficient (Wildman–Crippen LogP) is 3.47. The molecule has 0 saturated carbocycles. The lowest BCUT2D eigenvalue weighted by atomic mass is 10.1. The highest BCUT2D eigenvalue weighted by molar-refractivity contribution is 7.14. The molecule has 1 aromatic carbocycles. The highest BCUT2D eigenvalue weighted by Crippen LogP contribution is 2.32. The largest absolute Gasteiger partial charge is 0.322 e. The number of nitrogens with two attached hydrogens (primary N) is 1. The molecule has 2 heterocycles. The molecule has 3 rings (SSSR count). The number of rotatable bonds is 3. The van der Waals surface area contributed by atoms with E-state index < -0.39 is 0 Å². The summed E-state index contributed by atoms with van der Waals surface area (Å²) < 4.78 is 0. The molecule has 4 nitrogen and oxygen atoms in total. The number of hydrogen-bond donors (Lipinski definition) is 1. The van der Waals surface area contributed by atoms with Gasteiger partial charge < -0.3 is 5.73 Å². The Morgan fingerprint density at radius 2 is 2.05 bits per heavy atom. The first-order chi connectivity index (χ1) is 9.69. The van der Waals surface area contributed by atoms with Gasteiger partial charge in [-0.25, -0.2) is 0 Å². The Hall–Kier alpha value is -1.85. The van der Waals surface area contributed by atoms with Gasteiger partial charge in [-0.1, -0.05) is 36.5 Å². The van der Waals surface area contributed by atoms with Crippen molar-refractivity contribution >= 4 is 22.2 Å². The van der Waals surface area contributed by atoms with Crippen LogP contribution in [0, 0.1) is 6.92 Å². The molecule has 0 aliphatic carbocycles. The van der Waals surface area contributed by atoms with Crippen molar-refractivity contribution in [1.29, 1.82) is 0 Å². The summed E-state index contributed by atoms with van der Waals surface area (Å²) >= 11 is 1.57. The van der Waals surface area contributed by atoms with Gasteiger partial charge in [-0.05, 0) is 25.5 Å². The van der Waals surface area contributed by atoms with Crippen molar-refractivity contribution in [1.82, 2.24) is 15.2 Å². The summed E-state index contributed by atoms with van der Waals surface area (Å²) in [5.41, 5.74) is 9.07. The maximum absolute atomic E-state index is 6.02. The van der Waals surface area contributed by atoms with E-state index in [1.807, 2.05) is 25.1 Å². The lowest BCUT2D eigenvalue weighted by Gasteiger charge is -2.04. The standard InChI is InChI=1S/C15H16N4S/c1-3-12(16)15-19-18-14(20-15)11-8-9(2)17-13-7-5-4-6-10(11)13/h4-8,12H,3,16H2,1-2H3. The van der Waals surface area contributed by atoms with Crippen LogP contribution < -0.4 is 5.73 Å². The molecular formula is C15H16N4S. The molecular weight excluding hydrogens is 268 g/mol. The van der Waals surface area contributed by atoms with Crippen molar-refractivity contribution in [3.63, 3.8) is 0 Å². The van der Waals surface area contributed by atoms with E-state index in [9.17, 15) is 0 Å². The van der Waals surface area contributed by atoms with E-state index in [0.717, 1.165) is 38.6 Å². The fourth-order valence-electron chi connectivity index (χ4n) is 2.15. The Morgan fingerprint density at radius 1 is 1.25 bits per heavy atom. The Labute approximate surface area is 121 Å². The van der Waals surface area contributed by atoms with E-state index in [1.165, 1.54) is 0 Å². The quantitative estimate of drug-likeness (QED) is 0.799. The lowest BCUT2D eigenvalue weighted by Crippen LogP contribution is -2.07. The molecule has 102 valence electrons. The van der Waals surface area contributed by atoms with Gasteiger partial charge in [0.25, 0.3) is 0 Å². The second kappa shape index (κ2) is 5.26. The Bertz CT molecular complexity index is 750. The van der Waals surface area contributed by atoms with E-state index in [2.05, 4.69) is 34.2 Å². The Balaban J connectivity index is 2.16. The first kappa shape index (κ1) is 13.1. The molecule has 0 fully saturated rings. The molecule has 0 saturated heterocycles. The Kier molecular flexibility index (Phi) is 3.46. The van der Waals surface area contributed by atoms with Crippen LogP contribution in [-0.4, -0.2) is 15.2 Å². The molecule has 0 aliphatic rings. The minimum Gasteiger partial charge on any atom is -0.322 e. The number of benzene rings is 1. The summed E-state index contributed by atoms with van der Waals surface area (Å²) in [6.45, 7) is 4.05. The van der Waals surface area contributed by atoms with Crippen molar-refractivity contribution in [2.24, 2.45) is 5.73 Å². The first-order valence-electron chi connectivity index (χ1n) is 6.64. The molecule has 0 spiro atoms. The highest BCUT2D eigenvalue weighted by Gasteiger charge is 2.14. The van der Waals surface area contributed by atoms with Crippen LogP contribution in [0.2, 0.25) is 0 Å². The molecule has 0 bridgehead atoms. The van der Waals surface area contributed by atoms with Gasteiger partial charge in [-0.3, -0.25) is 4.98 Å². The van der Waals surface area contributed by atoms with Crippen LogP contribution in [0.5, 0.6) is 0 Å². The average molecular weight is 284 g/mol. The molecule has 1 atom stereocenters. The number of pyridine rings is 1. The fraction of sp³-hybridized carbons (Fsp3) is 0.267. The average Bonchev–Trinajstić information content (AvgIpc) is 2.95. The van der Waals surface area contributed by atoms with E-state index in [-0.39, 0.29) is 6.04 Å². The topological polar surface area (TPSA) is 64.7 Å². The third kappa shape index (κ3) is 2.30. The normalized spacial score (nSPS) is 12.8. The van der Waals surface area contributed by atoms with Gasteiger partial charge in [0.05, 0.1) is 11.6 Å². The van der Waals surface area contributed by atoms with Crippen LogP contribution in [0.4, 0.5) is 0 Å². The molecule has 2 N–H and O–H groups in total. The van der Waals surface area contributed by atoms with Crippen molar-refractivity contribution in [2.75, 3.05) is 0 Å². The van der Waals surface area contributed by atoms with Crippen LogP contribution in [0.3, 0.4) is 0 Å². The summed E-state index contributed by atoms with van der Waals surface area (Å²) in [4.78, 5) is 4.55.